The van der Waals surface area contributed by atoms with E-state index in [2.05, 4.69) is 31.1 Å². The van der Waals surface area contributed by atoms with Crippen molar-refractivity contribution in [2.45, 2.75) is 47.1 Å². The smallest absolute Gasteiger partial charge is 0.170 e. The number of rotatable bonds is 3. The summed E-state index contributed by atoms with van der Waals surface area (Å²) in [5, 5.41) is 4.05. The van der Waals surface area contributed by atoms with Gasteiger partial charge >= 0.3 is 0 Å². The molecule has 0 aliphatic carbocycles. The molecule has 0 unspecified atom stereocenters. The van der Waals surface area contributed by atoms with E-state index in [4.69, 9.17) is 9.52 Å². The van der Waals surface area contributed by atoms with Crippen LogP contribution in [0.3, 0.4) is 0 Å². The maximum absolute atomic E-state index is 12.8. The monoisotopic (exact) mass is 392 g/mol. The largest absolute Gasteiger partial charge is 0.358 e. The summed E-state index contributed by atoms with van der Waals surface area (Å²) in [7, 11) is 0. The average Bonchev–Trinajstić information content (AvgIpc) is 3.21. The Balaban J connectivity index is 1.94. The molecule has 0 saturated heterocycles. The zero-order chi connectivity index (χ0) is 20.1. The molecular formula is C23H24N2O2S. The van der Waals surface area contributed by atoms with Crippen molar-refractivity contribution >= 4 is 22.8 Å². The highest BCUT2D eigenvalue weighted by molar-refractivity contribution is 7.16. The van der Waals surface area contributed by atoms with Crippen LogP contribution >= 0.6 is 11.3 Å². The number of aromatic nitrogens is 1. The van der Waals surface area contributed by atoms with E-state index in [1.807, 2.05) is 39.0 Å². The molecule has 28 heavy (non-hydrogen) atoms. The van der Waals surface area contributed by atoms with Crippen molar-refractivity contribution in [3.63, 3.8) is 0 Å². The van der Waals surface area contributed by atoms with Gasteiger partial charge in [0, 0.05) is 32.7 Å². The summed E-state index contributed by atoms with van der Waals surface area (Å²) in [6.45, 7) is 10.1. The van der Waals surface area contributed by atoms with E-state index in [0.29, 0.717) is 12.2 Å². The number of aliphatic imine (C=N–C) groups is 1. The van der Waals surface area contributed by atoms with Gasteiger partial charge in [0.05, 0.1) is 17.5 Å². The van der Waals surface area contributed by atoms with Crippen LogP contribution in [0.1, 0.15) is 60.6 Å². The third-order valence-electron chi connectivity index (χ3n) is 5.32. The first kappa shape index (κ1) is 18.8. The minimum Gasteiger partial charge on any atom is -0.358 e. The second-order valence-electron chi connectivity index (χ2n) is 8.33. The summed E-state index contributed by atoms with van der Waals surface area (Å²) in [5.74, 6) is 0.847. The highest BCUT2D eigenvalue weighted by Crippen LogP contribution is 2.45. The lowest BCUT2D eigenvalue weighted by molar-refractivity contribution is -0.126. The molecule has 5 heteroatoms. The van der Waals surface area contributed by atoms with Crippen molar-refractivity contribution in [1.29, 1.82) is 0 Å². The maximum atomic E-state index is 12.8. The standard InChI is InChI=1S/C23H24N2O2S/c1-13-14(2)28-22-16-12-24-27-21(16)17(11-18(26)23(3,4)5)25-20(19(13)22)15-9-7-6-8-10-15/h6-10,12,17H,11H2,1-5H3/t17-/m0/s1. The molecule has 0 bridgehead atoms. The van der Waals surface area contributed by atoms with Crippen LogP contribution < -0.4 is 0 Å². The Morgan fingerprint density at radius 3 is 2.57 bits per heavy atom. The molecule has 1 aliphatic heterocycles. The van der Waals surface area contributed by atoms with Crippen LogP contribution in [0.5, 0.6) is 0 Å². The normalized spacial score (nSPS) is 16.2. The Labute approximate surface area is 169 Å². The van der Waals surface area contributed by atoms with E-state index in [-0.39, 0.29) is 11.8 Å². The first-order valence-electron chi connectivity index (χ1n) is 9.49. The van der Waals surface area contributed by atoms with Crippen LogP contribution in [-0.4, -0.2) is 16.7 Å². The van der Waals surface area contributed by atoms with Crippen molar-refractivity contribution < 1.29 is 9.32 Å². The quantitative estimate of drug-likeness (QED) is 0.556. The lowest BCUT2D eigenvalue weighted by Gasteiger charge is -2.19. The summed E-state index contributed by atoms with van der Waals surface area (Å²) in [5.41, 5.74) is 4.86. The fraction of sp³-hybridized carbons (Fsp3) is 0.348. The third kappa shape index (κ3) is 3.14. The maximum Gasteiger partial charge on any atom is 0.170 e. The Morgan fingerprint density at radius 2 is 1.89 bits per heavy atom. The molecule has 1 aliphatic rings. The van der Waals surface area contributed by atoms with Crippen molar-refractivity contribution in [1.82, 2.24) is 5.16 Å². The molecule has 1 aromatic carbocycles. The van der Waals surface area contributed by atoms with Crippen LogP contribution in [0, 0.1) is 19.3 Å². The van der Waals surface area contributed by atoms with Crippen LogP contribution in [0.4, 0.5) is 0 Å². The number of hydrogen-bond donors (Lipinski definition) is 0. The van der Waals surface area contributed by atoms with Gasteiger partial charge in [-0.3, -0.25) is 9.79 Å². The van der Waals surface area contributed by atoms with Crippen LogP contribution in [0.2, 0.25) is 0 Å². The summed E-state index contributed by atoms with van der Waals surface area (Å²) in [6, 6.07) is 9.81. The molecule has 3 heterocycles. The van der Waals surface area contributed by atoms with Crippen molar-refractivity contribution in [3.8, 4) is 10.4 Å². The molecule has 0 amide bonds. The molecule has 4 nitrogen and oxygen atoms in total. The molecule has 1 atom stereocenters. The molecule has 3 aromatic rings. The summed E-state index contributed by atoms with van der Waals surface area (Å²) < 4.78 is 5.65. The first-order chi connectivity index (χ1) is 13.3. The Bertz CT molecular complexity index is 1070. The van der Waals surface area contributed by atoms with Gasteiger partial charge in [-0.1, -0.05) is 56.3 Å². The van der Waals surface area contributed by atoms with E-state index in [1.54, 1.807) is 17.5 Å². The van der Waals surface area contributed by atoms with Gasteiger partial charge in [0.25, 0.3) is 0 Å². The lowest BCUT2D eigenvalue weighted by Crippen LogP contribution is -2.22. The second kappa shape index (κ2) is 6.82. The van der Waals surface area contributed by atoms with Gasteiger partial charge in [-0.25, -0.2) is 0 Å². The number of carbonyl (C=O) groups excluding carboxylic acids is 1. The van der Waals surface area contributed by atoms with Crippen LogP contribution in [0.25, 0.3) is 10.4 Å². The zero-order valence-electron chi connectivity index (χ0n) is 16.9. The highest BCUT2D eigenvalue weighted by atomic mass is 32.1. The molecule has 0 spiro atoms. The minimum atomic E-state index is -0.424. The number of Topliss-reactive ketones (excluding diaryl/α,β-unsaturated/α-hetero) is 1. The third-order valence-corrected chi connectivity index (χ3v) is 6.56. The van der Waals surface area contributed by atoms with E-state index in [9.17, 15) is 4.79 Å². The second-order valence-corrected chi connectivity index (χ2v) is 9.55. The van der Waals surface area contributed by atoms with Gasteiger partial charge < -0.3 is 4.52 Å². The molecule has 0 fully saturated rings. The zero-order valence-corrected chi connectivity index (χ0v) is 17.7. The fourth-order valence-corrected chi connectivity index (χ4v) is 4.65. The van der Waals surface area contributed by atoms with E-state index >= 15 is 0 Å². The number of aryl methyl sites for hydroxylation is 1. The van der Waals surface area contributed by atoms with Gasteiger partial charge in [-0.05, 0) is 19.4 Å². The highest BCUT2D eigenvalue weighted by Gasteiger charge is 2.34. The van der Waals surface area contributed by atoms with Crippen molar-refractivity contribution in [2.24, 2.45) is 10.4 Å². The van der Waals surface area contributed by atoms with Gasteiger partial charge in [0.15, 0.2) is 5.76 Å². The Hall–Kier alpha value is -2.53. The van der Waals surface area contributed by atoms with Crippen LogP contribution in [0.15, 0.2) is 46.0 Å². The molecule has 4 rings (SSSR count). The number of fused-ring (bicyclic) bond motifs is 3. The SMILES string of the molecule is Cc1sc2c(c1C)C(c1ccccc1)=N[C@@H](CC(=O)C(C)(C)C)c1oncc1-2. The number of hydrogen-bond acceptors (Lipinski definition) is 5. The van der Waals surface area contributed by atoms with Crippen LogP contribution in [-0.2, 0) is 4.79 Å². The summed E-state index contributed by atoms with van der Waals surface area (Å²) >= 11 is 1.74. The van der Waals surface area contributed by atoms with Gasteiger partial charge in [0.1, 0.15) is 11.8 Å². The van der Waals surface area contributed by atoms with Gasteiger partial charge in [-0.2, -0.15) is 0 Å². The number of thiophene rings is 1. The summed E-state index contributed by atoms with van der Waals surface area (Å²) in [6.07, 6.45) is 2.07. The van der Waals surface area contributed by atoms with Gasteiger partial charge in [-0.15, -0.1) is 11.3 Å². The Morgan fingerprint density at radius 1 is 1.18 bits per heavy atom. The molecular weight excluding hydrogens is 368 g/mol. The predicted molar refractivity (Wildman–Crippen MR) is 113 cm³/mol. The first-order valence-corrected chi connectivity index (χ1v) is 10.3. The molecule has 2 aromatic heterocycles. The Kier molecular flexibility index (Phi) is 4.58. The number of benzene rings is 1. The van der Waals surface area contributed by atoms with E-state index in [1.165, 1.54) is 10.4 Å². The average molecular weight is 393 g/mol. The molecule has 144 valence electrons. The molecule has 0 saturated carbocycles. The minimum absolute atomic E-state index is 0.161. The fourth-order valence-electron chi connectivity index (χ4n) is 3.48. The predicted octanol–water partition coefficient (Wildman–Crippen LogP) is 5.92. The molecule has 0 N–H and O–H groups in total. The number of carbonyl (C=O) groups is 1. The van der Waals surface area contributed by atoms with Crippen molar-refractivity contribution in [3.05, 3.63) is 63.9 Å². The van der Waals surface area contributed by atoms with E-state index < -0.39 is 5.41 Å². The lowest BCUT2D eigenvalue weighted by atomic mass is 9.86. The number of nitrogens with zero attached hydrogens (tertiary/aromatic N) is 2. The van der Waals surface area contributed by atoms with Crippen molar-refractivity contribution in [2.75, 3.05) is 0 Å². The van der Waals surface area contributed by atoms with Gasteiger partial charge in [0.2, 0.25) is 0 Å². The summed E-state index contributed by atoms with van der Waals surface area (Å²) in [4.78, 5) is 20.3. The van der Waals surface area contributed by atoms with E-state index in [0.717, 1.165) is 27.3 Å². The molecule has 0 radical (unpaired) electrons. The number of ketones is 1. The topological polar surface area (TPSA) is 55.5 Å².